The van der Waals surface area contributed by atoms with Gasteiger partial charge in [-0.1, -0.05) is 42.5 Å². The Morgan fingerprint density at radius 1 is 1.04 bits per heavy atom. The standard InChI is InChI=1S/C16H14F2O5S/c1-11(16(17,18)24(20,21)22)23-15(19)14-9-7-13(8-10-14)12-5-3-2-4-6-12/h2-11H,1H3,(H,20,21,22). The summed E-state index contributed by atoms with van der Waals surface area (Å²) in [4.78, 5) is 11.8. The van der Waals surface area contributed by atoms with E-state index in [9.17, 15) is 22.0 Å². The highest BCUT2D eigenvalue weighted by Crippen LogP contribution is 2.28. The van der Waals surface area contributed by atoms with Crippen LogP contribution in [-0.2, 0) is 14.9 Å². The van der Waals surface area contributed by atoms with Crippen molar-refractivity contribution in [2.75, 3.05) is 0 Å². The van der Waals surface area contributed by atoms with Crippen LogP contribution in [0.2, 0.25) is 0 Å². The van der Waals surface area contributed by atoms with Crippen LogP contribution in [0.4, 0.5) is 8.78 Å². The van der Waals surface area contributed by atoms with Crippen molar-refractivity contribution in [1.82, 2.24) is 0 Å². The van der Waals surface area contributed by atoms with Gasteiger partial charge in [0.15, 0.2) is 6.10 Å². The summed E-state index contributed by atoms with van der Waals surface area (Å²) in [5.41, 5.74) is 1.69. The quantitative estimate of drug-likeness (QED) is 0.656. The molecule has 2 aromatic carbocycles. The van der Waals surface area contributed by atoms with Crippen molar-refractivity contribution < 1.29 is 31.3 Å². The van der Waals surface area contributed by atoms with Gasteiger partial charge in [0.2, 0.25) is 0 Å². The molecule has 2 aromatic rings. The van der Waals surface area contributed by atoms with Gasteiger partial charge in [-0.05, 0) is 30.2 Å². The molecular weight excluding hydrogens is 342 g/mol. The van der Waals surface area contributed by atoms with Gasteiger partial charge in [0.25, 0.3) is 0 Å². The normalized spacial score (nSPS) is 13.3. The summed E-state index contributed by atoms with van der Waals surface area (Å²) in [7, 11) is -5.68. The van der Waals surface area contributed by atoms with Crippen LogP contribution < -0.4 is 0 Å². The summed E-state index contributed by atoms with van der Waals surface area (Å²) in [6.07, 6.45) is -2.34. The highest BCUT2D eigenvalue weighted by Gasteiger charge is 2.52. The minimum absolute atomic E-state index is 0.0207. The minimum atomic E-state index is -5.68. The molecule has 0 amide bonds. The van der Waals surface area contributed by atoms with Gasteiger partial charge in [-0.25, -0.2) is 4.79 Å². The van der Waals surface area contributed by atoms with Gasteiger partial charge >= 0.3 is 21.3 Å². The fraction of sp³-hybridized carbons (Fsp3) is 0.188. The van der Waals surface area contributed by atoms with Crippen molar-refractivity contribution >= 4 is 16.1 Å². The summed E-state index contributed by atoms with van der Waals surface area (Å²) in [5.74, 6) is -1.12. The van der Waals surface area contributed by atoms with E-state index in [0.29, 0.717) is 6.92 Å². The average Bonchev–Trinajstić information content (AvgIpc) is 2.54. The van der Waals surface area contributed by atoms with Crippen molar-refractivity contribution in [1.29, 1.82) is 0 Å². The molecule has 0 aliphatic rings. The van der Waals surface area contributed by atoms with E-state index < -0.39 is 27.4 Å². The Balaban J connectivity index is 2.14. The van der Waals surface area contributed by atoms with E-state index in [4.69, 9.17) is 4.55 Å². The second kappa shape index (κ2) is 6.66. The molecule has 128 valence electrons. The van der Waals surface area contributed by atoms with Crippen molar-refractivity contribution in [3.63, 3.8) is 0 Å². The second-order valence-corrected chi connectivity index (χ2v) is 6.52. The molecule has 8 heteroatoms. The van der Waals surface area contributed by atoms with Crippen molar-refractivity contribution in [3.8, 4) is 11.1 Å². The molecule has 0 bridgehead atoms. The van der Waals surface area contributed by atoms with Crippen LogP contribution in [0, 0.1) is 0 Å². The zero-order valence-corrected chi connectivity index (χ0v) is 13.3. The van der Waals surface area contributed by atoms with Gasteiger partial charge in [0.1, 0.15) is 0 Å². The first kappa shape index (κ1) is 18.0. The van der Waals surface area contributed by atoms with Gasteiger partial charge in [0.05, 0.1) is 5.56 Å². The van der Waals surface area contributed by atoms with Gasteiger partial charge in [-0.15, -0.1) is 0 Å². The Kier molecular flexibility index (Phi) is 5.00. The first-order valence-electron chi connectivity index (χ1n) is 6.84. The fourth-order valence-electron chi connectivity index (χ4n) is 1.94. The zero-order chi connectivity index (χ0) is 18.0. The zero-order valence-electron chi connectivity index (χ0n) is 12.5. The van der Waals surface area contributed by atoms with Gasteiger partial charge in [-0.2, -0.15) is 17.2 Å². The number of benzene rings is 2. The highest BCUT2D eigenvalue weighted by atomic mass is 32.2. The lowest BCUT2D eigenvalue weighted by molar-refractivity contribution is -0.0549. The number of hydrogen-bond acceptors (Lipinski definition) is 4. The molecule has 0 radical (unpaired) electrons. The van der Waals surface area contributed by atoms with Crippen LogP contribution >= 0.6 is 0 Å². The smallest absolute Gasteiger partial charge is 0.405 e. The Morgan fingerprint density at radius 3 is 2.04 bits per heavy atom. The molecule has 0 aliphatic carbocycles. The lowest BCUT2D eigenvalue weighted by atomic mass is 10.0. The number of alkyl halides is 2. The molecule has 0 aromatic heterocycles. The van der Waals surface area contributed by atoms with Crippen LogP contribution in [0.1, 0.15) is 17.3 Å². The third-order valence-electron chi connectivity index (χ3n) is 3.33. The third kappa shape index (κ3) is 3.77. The number of carbonyl (C=O) groups is 1. The van der Waals surface area contributed by atoms with Crippen LogP contribution in [0.25, 0.3) is 11.1 Å². The third-order valence-corrected chi connectivity index (χ3v) is 4.35. The molecule has 0 spiro atoms. The molecule has 0 aliphatic heterocycles. The minimum Gasteiger partial charge on any atom is -0.451 e. The van der Waals surface area contributed by atoms with Crippen LogP contribution in [0.15, 0.2) is 54.6 Å². The Morgan fingerprint density at radius 2 is 1.54 bits per heavy atom. The van der Waals surface area contributed by atoms with Crippen molar-refractivity contribution in [3.05, 3.63) is 60.2 Å². The predicted molar refractivity (Wildman–Crippen MR) is 83.3 cm³/mol. The van der Waals surface area contributed by atoms with Gasteiger partial charge < -0.3 is 4.74 Å². The Hall–Kier alpha value is -2.32. The summed E-state index contributed by atoms with van der Waals surface area (Å²) in [6, 6.07) is 15.2. The van der Waals surface area contributed by atoms with E-state index in [1.54, 1.807) is 12.1 Å². The number of rotatable bonds is 5. The van der Waals surface area contributed by atoms with E-state index in [-0.39, 0.29) is 5.56 Å². The maximum absolute atomic E-state index is 13.4. The molecule has 2 rings (SSSR count). The summed E-state index contributed by atoms with van der Waals surface area (Å²) in [6.45, 7) is 0.685. The van der Waals surface area contributed by atoms with Crippen molar-refractivity contribution in [2.24, 2.45) is 0 Å². The average molecular weight is 356 g/mol. The molecule has 0 fully saturated rings. The number of ether oxygens (including phenoxy) is 1. The first-order valence-corrected chi connectivity index (χ1v) is 8.28. The fourth-order valence-corrected chi connectivity index (χ4v) is 2.40. The van der Waals surface area contributed by atoms with Crippen LogP contribution in [0.3, 0.4) is 0 Å². The maximum atomic E-state index is 13.4. The molecule has 24 heavy (non-hydrogen) atoms. The molecule has 1 atom stereocenters. The lowest BCUT2D eigenvalue weighted by Gasteiger charge is -2.20. The lowest BCUT2D eigenvalue weighted by Crippen LogP contribution is -2.42. The monoisotopic (exact) mass is 356 g/mol. The second-order valence-electron chi connectivity index (χ2n) is 5.03. The molecule has 5 nitrogen and oxygen atoms in total. The van der Waals surface area contributed by atoms with Crippen LogP contribution in [-0.4, -0.2) is 30.3 Å². The van der Waals surface area contributed by atoms with Gasteiger partial charge in [-0.3, -0.25) is 4.55 Å². The number of hydrogen-bond donors (Lipinski definition) is 1. The number of carbonyl (C=O) groups excluding carboxylic acids is 1. The largest absolute Gasteiger partial charge is 0.451 e. The van der Waals surface area contributed by atoms with Gasteiger partial charge in [0, 0.05) is 0 Å². The molecule has 0 heterocycles. The molecule has 0 saturated heterocycles. The van der Waals surface area contributed by atoms with Crippen molar-refractivity contribution in [2.45, 2.75) is 18.3 Å². The van der Waals surface area contributed by atoms with E-state index in [1.807, 2.05) is 30.3 Å². The number of halogens is 2. The van der Waals surface area contributed by atoms with E-state index in [1.165, 1.54) is 12.1 Å². The van der Waals surface area contributed by atoms with Crippen LogP contribution in [0.5, 0.6) is 0 Å². The highest BCUT2D eigenvalue weighted by molar-refractivity contribution is 7.86. The summed E-state index contributed by atoms with van der Waals surface area (Å²) >= 11 is 0. The topological polar surface area (TPSA) is 80.7 Å². The Labute approximate surface area is 137 Å². The predicted octanol–water partition coefficient (Wildman–Crippen LogP) is 3.38. The SMILES string of the molecule is CC(OC(=O)c1ccc(-c2ccccc2)cc1)C(F)(F)S(=O)(=O)O. The Bertz CT molecular complexity index is 817. The van der Waals surface area contributed by atoms with E-state index >= 15 is 0 Å². The summed E-state index contributed by atoms with van der Waals surface area (Å²) in [5, 5.41) is -4.59. The molecule has 1 unspecified atom stereocenters. The first-order chi connectivity index (χ1) is 11.1. The molecular formula is C16H14F2O5S. The number of esters is 1. The summed E-state index contributed by atoms with van der Waals surface area (Å²) < 4.78 is 60.9. The maximum Gasteiger partial charge on any atom is 0.405 e. The molecule has 1 N–H and O–H groups in total. The molecule has 0 saturated carbocycles. The van der Waals surface area contributed by atoms with E-state index in [0.717, 1.165) is 11.1 Å². The van der Waals surface area contributed by atoms with E-state index in [2.05, 4.69) is 4.74 Å².